The first kappa shape index (κ1) is 18.2. The molecule has 3 rings (SSSR count). The van der Waals surface area contributed by atoms with Gasteiger partial charge in [0.15, 0.2) is 0 Å². The molecule has 2 nitrogen and oxygen atoms in total. The summed E-state index contributed by atoms with van der Waals surface area (Å²) in [5.41, 5.74) is 0.325. The van der Waals surface area contributed by atoms with Crippen molar-refractivity contribution >= 4 is 11.6 Å². The Bertz CT molecular complexity index is 505. The van der Waals surface area contributed by atoms with Gasteiger partial charge in [-0.05, 0) is 62.4 Å². The van der Waals surface area contributed by atoms with Gasteiger partial charge in [0, 0.05) is 17.5 Å². The number of rotatable bonds is 5. The van der Waals surface area contributed by atoms with Crippen molar-refractivity contribution < 1.29 is 5.11 Å². The van der Waals surface area contributed by atoms with Crippen LogP contribution in [0.2, 0.25) is 5.02 Å². The van der Waals surface area contributed by atoms with E-state index in [0.717, 1.165) is 30.0 Å². The summed E-state index contributed by atoms with van der Waals surface area (Å²) >= 11 is 6.09. The number of hydrogen-bond donors (Lipinski definition) is 1. The maximum Gasteiger partial charge on any atom is 0.0962 e. The molecule has 1 aromatic rings. The smallest absolute Gasteiger partial charge is 0.0962 e. The van der Waals surface area contributed by atoms with Gasteiger partial charge in [0.25, 0.3) is 0 Å². The van der Waals surface area contributed by atoms with Crippen LogP contribution in [0.4, 0.5) is 0 Å². The van der Waals surface area contributed by atoms with E-state index in [1.165, 1.54) is 51.6 Å². The highest BCUT2D eigenvalue weighted by molar-refractivity contribution is 6.30. The minimum Gasteiger partial charge on any atom is -0.385 e. The second-order valence-electron chi connectivity index (χ2n) is 7.93. The normalized spacial score (nSPS) is 24.5. The van der Waals surface area contributed by atoms with Crippen LogP contribution < -0.4 is 0 Å². The van der Waals surface area contributed by atoms with E-state index in [-0.39, 0.29) is 5.92 Å². The second-order valence-corrected chi connectivity index (χ2v) is 8.37. The van der Waals surface area contributed by atoms with Gasteiger partial charge in [0.05, 0.1) is 5.60 Å². The predicted molar refractivity (Wildman–Crippen MR) is 101 cm³/mol. The molecule has 2 aliphatic rings. The highest BCUT2D eigenvalue weighted by Gasteiger charge is 2.43. The minimum atomic E-state index is -0.734. The number of piperidine rings is 1. The van der Waals surface area contributed by atoms with E-state index >= 15 is 0 Å². The number of hydrogen-bond acceptors (Lipinski definition) is 2. The van der Waals surface area contributed by atoms with Crippen LogP contribution in [0.5, 0.6) is 0 Å². The quantitative estimate of drug-likeness (QED) is 0.786. The minimum absolute atomic E-state index is 0.236. The van der Waals surface area contributed by atoms with Gasteiger partial charge in [-0.15, -0.1) is 0 Å². The Balaban J connectivity index is 1.83. The van der Waals surface area contributed by atoms with Gasteiger partial charge < -0.3 is 10.0 Å². The third-order valence-electron chi connectivity index (χ3n) is 6.27. The van der Waals surface area contributed by atoms with Crippen molar-refractivity contribution in [2.24, 2.45) is 11.8 Å². The maximum atomic E-state index is 11.9. The lowest BCUT2D eigenvalue weighted by atomic mass is 9.67. The lowest BCUT2D eigenvalue weighted by molar-refractivity contribution is -0.0917. The molecule has 1 saturated carbocycles. The van der Waals surface area contributed by atoms with Crippen LogP contribution >= 0.6 is 11.6 Å². The predicted octanol–water partition coefficient (Wildman–Crippen LogP) is 5.23. The molecule has 1 aromatic carbocycles. The lowest BCUT2D eigenvalue weighted by Gasteiger charge is -2.45. The average molecular weight is 350 g/mol. The highest BCUT2D eigenvalue weighted by Crippen LogP contribution is 2.44. The van der Waals surface area contributed by atoms with Crippen molar-refractivity contribution in [3.8, 4) is 0 Å². The Hall–Kier alpha value is -0.570. The van der Waals surface area contributed by atoms with Crippen LogP contribution in [0.15, 0.2) is 24.3 Å². The third-order valence-corrected chi connectivity index (χ3v) is 6.52. The van der Waals surface area contributed by atoms with Crippen LogP contribution in [0.1, 0.15) is 63.9 Å². The first-order chi connectivity index (χ1) is 11.6. The van der Waals surface area contributed by atoms with Crippen LogP contribution in [0.3, 0.4) is 0 Å². The number of likely N-dealkylation sites (tertiary alicyclic amines) is 1. The van der Waals surface area contributed by atoms with Gasteiger partial charge >= 0.3 is 0 Å². The Morgan fingerprint density at radius 1 is 1.04 bits per heavy atom. The Kier molecular flexibility index (Phi) is 6.23. The molecule has 1 heterocycles. The first-order valence-corrected chi connectivity index (χ1v) is 10.2. The maximum absolute atomic E-state index is 11.9. The number of aliphatic hydroxyl groups is 1. The monoisotopic (exact) mass is 349 g/mol. The molecule has 0 bridgehead atoms. The van der Waals surface area contributed by atoms with Gasteiger partial charge in [0.1, 0.15) is 0 Å². The van der Waals surface area contributed by atoms with Gasteiger partial charge in [-0.25, -0.2) is 0 Å². The van der Waals surface area contributed by atoms with Crippen LogP contribution in [0, 0.1) is 11.8 Å². The van der Waals surface area contributed by atoms with E-state index in [0.29, 0.717) is 5.92 Å². The molecule has 1 aliphatic heterocycles. The highest BCUT2D eigenvalue weighted by atomic mass is 35.5. The second kappa shape index (κ2) is 8.21. The Labute approximate surface area is 152 Å². The zero-order chi connectivity index (χ0) is 17.0. The summed E-state index contributed by atoms with van der Waals surface area (Å²) in [5, 5.41) is 12.7. The lowest BCUT2D eigenvalue weighted by Crippen LogP contribution is -2.47. The molecule has 0 radical (unpaired) electrons. The van der Waals surface area contributed by atoms with Crippen molar-refractivity contribution in [1.82, 2.24) is 4.90 Å². The summed E-state index contributed by atoms with van der Waals surface area (Å²) in [6.07, 6.45) is 10.1. The molecule has 1 saturated heterocycles. The summed E-state index contributed by atoms with van der Waals surface area (Å²) in [4.78, 5) is 2.55. The fourth-order valence-electron chi connectivity index (χ4n) is 4.85. The molecule has 3 heteroatoms. The summed E-state index contributed by atoms with van der Waals surface area (Å²) in [5.74, 6) is 0.604. The Morgan fingerprint density at radius 3 is 2.25 bits per heavy atom. The van der Waals surface area contributed by atoms with Crippen LogP contribution in [-0.4, -0.2) is 29.6 Å². The van der Waals surface area contributed by atoms with Crippen molar-refractivity contribution in [2.45, 2.75) is 63.9 Å². The van der Waals surface area contributed by atoms with E-state index in [2.05, 4.69) is 11.8 Å². The molecule has 1 N–H and O–H groups in total. The largest absolute Gasteiger partial charge is 0.385 e. The molecule has 2 atom stereocenters. The summed E-state index contributed by atoms with van der Waals surface area (Å²) in [6.45, 7) is 5.62. The van der Waals surface area contributed by atoms with E-state index < -0.39 is 5.60 Å². The van der Waals surface area contributed by atoms with Crippen LogP contribution in [0.25, 0.3) is 0 Å². The molecule has 134 valence electrons. The molecule has 0 aromatic heterocycles. The molecule has 2 fully saturated rings. The molecular weight excluding hydrogens is 318 g/mol. The van der Waals surface area contributed by atoms with Crippen molar-refractivity contribution in [1.29, 1.82) is 0 Å². The molecule has 24 heavy (non-hydrogen) atoms. The van der Waals surface area contributed by atoms with E-state index in [9.17, 15) is 5.11 Å². The molecular formula is C21H32ClNO. The number of nitrogens with zero attached hydrogens (tertiary/aromatic N) is 1. The van der Waals surface area contributed by atoms with Crippen LogP contribution in [-0.2, 0) is 5.60 Å². The summed E-state index contributed by atoms with van der Waals surface area (Å²) in [6, 6.07) is 7.95. The van der Waals surface area contributed by atoms with Crippen molar-refractivity contribution in [3.63, 3.8) is 0 Å². The zero-order valence-corrected chi connectivity index (χ0v) is 15.8. The molecule has 1 aliphatic carbocycles. The van der Waals surface area contributed by atoms with Crippen molar-refractivity contribution in [3.05, 3.63) is 34.9 Å². The van der Waals surface area contributed by atoms with E-state index in [1.54, 1.807) is 0 Å². The van der Waals surface area contributed by atoms with Gasteiger partial charge in [-0.2, -0.15) is 0 Å². The van der Waals surface area contributed by atoms with Gasteiger partial charge in [0.2, 0.25) is 0 Å². The molecule has 0 spiro atoms. The summed E-state index contributed by atoms with van der Waals surface area (Å²) in [7, 11) is 0. The topological polar surface area (TPSA) is 23.5 Å². The van der Waals surface area contributed by atoms with E-state index in [1.807, 2.05) is 24.3 Å². The fraction of sp³-hybridized carbons (Fsp3) is 0.714. The Morgan fingerprint density at radius 2 is 1.62 bits per heavy atom. The number of benzene rings is 1. The zero-order valence-electron chi connectivity index (χ0n) is 15.0. The van der Waals surface area contributed by atoms with Gasteiger partial charge in [-0.1, -0.05) is 56.3 Å². The summed E-state index contributed by atoms with van der Waals surface area (Å²) < 4.78 is 0. The van der Waals surface area contributed by atoms with E-state index in [4.69, 9.17) is 11.6 Å². The van der Waals surface area contributed by atoms with Crippen molar-refractivity contribution in [2.75, 3.05) is 19.6 Å². The van der Waals surface area contributed by atoms with Gasteiger partial charge in [-0.3, -0.25) is 0 Å². The first-order valence-electron chi connectivity index (χ1n) is 9.81. The average Bonchev–Trinajstić information content (AvgIpc) is 2.63. The number of halogens is 1. The standard InChI is InChI=1S/C21H32ClNO/c1-17(16-23-14-6-3-7-15-23)21(24,18-8-4-2-5-9-18)19-10-12-20(22)13-11-19/h10-13,17-18,24H,2-9,14-16H2,1H3/t17-,21-/m0/s1. The SMILES string of the molecule is C[C@@H](CN1CCCCC1)[C@@](O)(c1ccc(Cl)cc1)C1CCCCC1. The third kappa shape index (κ3) is 3.98. The molecule has 0 amide bonds. The fourth-order valence-corrected chi connectivity index (χ4v) is 4.98. The molecule has 0 unspecified atom stereocenters.